The summed E-state index contributed by atoms with van der Waals surface area (Å²) in [7, 11) is 0. The summed E-state index contributed by atoms with van der Waals surface area (Å²) in [6.45, 7) is 3.65. The van der Waals surface area contributed by atoms with Crippen LogP contribution in [0.25, 0.3) is 0 Å². The molecule has 6 nitrogen and oxygen atoms in total. The molecule has 0 saturated carbocycles. The summed E-state index contributed by atoms with van der Waals surface area (Å²) < 4.78 is 24.5. The second kappa shape index (κ2) is 10.5. The van der Waals surface area contributed by atoms with Gasteiger partial charge in [-0.2, -0.15) is 0 Å². The van der Waals surface area contributed by atoms with Gasteiger partial charge < -0.3 is 14.8 Å². The first-order valence-corrected chi connectivity index (χ1v) is 11.1. The number of hydrogen-bond acceptors (Lipinski definition) is 6. The molecule has 0 spiro atoms. The number of ether oxygens (including phenoxy) is 2. The van der Waals surface area contributed by atoms with Crippen molar-refractivity contribution in [3.8, 4) is 5.75 Å². The lowest BCUT2D eigenvalue weighted by atomic mass is 10.0. The maximum Gasteiger partial charge on any atom is 0.251 e. The van der Waals surface area contributed by atoms with Crippen molar-refractivity contribution >= 4 is 17.2 Å². The number of thiazole rings is 1. The minimum Gasteiger partial charge on any atom is -0.487 e. The van der Waals surface area contributed by atoms with Gasteiger partial charge >= 0.3 is 0 Å². The minimum atomic E-state index is -0.273. The van der Waals surface area contributed by atoms with Gasteiger partial charge in [0.2, 0.25) is 0 Å². The highest BCUT2D eigenvalue weighted by Gasteiger charge is 2.23. The molecule has 1 aliphatic rings. The van der Waals surface area contributed by atoms with Crippen LogP contribution in [-0.2, 0) is 11.3 Å². The van der Waals surface area contributed by atoms with Crippen LogP contribution in [0.3, 0.4) is 0 Å². The van der Waals surface area contributed by atoms with Crippen LogP contribution in [-0.4, -0.2) is 48.6 Å². The number of benzene rings is 2. The number of hydrogen-bond donors (Lipinski definition) is 1. The van der Waals surface area contributed by atoms with E-state index in [0.29, 0.717) is 37.7 Å². The number of halogens is 1. The van der Waals surface area contributed by atoms with E-state index in [0.717, 1.165) is 24.3 Å². The third-order valence-electron chi connectivity index (χ3n) is 5.18. The Morgan fingerprint density at radius 3 is 2.58 bits per heavy atom. The third-order valence-corrected chi connectivity index (χ3v) is 5.82. The smallest absolute Gasteiger partial charge is 0.251 e. The van der Waals surface area contributed by atoms with Gasteiger partial charge in [0.15, 0.2) is 0 Å². The average Bonchev–Trinajstić information content (AvgIpc) is 3.34. The Hall–Kier alpha value is -2.81. The first-order chi connectivity index (χ1) is 15.2. The van der Waals surface area contributed by atoms with Crippen molar-refractivity contribution in [1.29, 1.82) is 0 Å². The first kappa shape index (κ1) is 21.4. The molecule has 0 aliphatic carbocycles. The summed E-state index contributed by atoms with van der Waals surface area (Å²) in [6.07, 6.45) is 0. The summed E-state index contributed by atoms with van der Waals surface area (Å²) >= 11 is 1.53. The molecule has 4 rings (SSSR count). The lowest BCUT2D eigenvalue weighted by Gasteiger charge is -2.35. The van der Waals surface area contributed by atoms with Gasteiger partial charge in [-0.3, -0.25) is 9.69 Å². The number of morpholine rings is 1. The van der Waals surface area contributed by atoms with Crippen molar-refractivity contribution in [3.63, 3.8) is 0 Å². The Balaban J connectivity index is 1.37. The van der Waals surface area contributed by atoms with E-state index in [1.165, 1.54) is 23.5 Å². The summed E-state index contributed by atoms with van der Waals surface area (Å²) in [4.78, 5) is 19.1. The molecule has 0 bridgehead atoms. The molecule has 1 aliphatic heterocycles. The lowest BCUT2D eigenvalue weighted by Crippen LogP contribution is -2.43. The second-order valence-corrected chi connectivity index (χ2v) is 7.94. The van der Waals surface area contributed by atoms with E-state index < -0.39 is 0 Å². The van der Waals surface area contributed by atoms with Gasteiger partial charge in [-0.15, -0.1) is 11.3 Å². The molecule has 1 aromatic heterocycles. The van der Waals surface area contributed by atoms with Gasteiger partial charge in [0.05, 0.1) is 30.5 Å². The van der Waals surface area contributed by atoms with Crippen LogP contribution in [0.2, 0.25) is 0 Å². The molecule has 1 amide bonds. The number of amides is 1. The summed E-state index contributed by atoms with van der Waals surface area (Å²) in [5.41, 5.74) is 4.17. The number of nitrogens with one attached hydrogen (secondary N) is 1. The number of rotatable bonds is 8. The zero-order valence-corrected chi connectivity index (χ0v) is 17.8. The van der Waals surface area contributed by atoms with Crippen LogP contribution < -0.4 is 10.1 Å². The van der Waals surface area contributed by atoms with Gasteiger partial charge in [0.1, 0.15) is 18.2 Å². The van der Waals surface area contributed by atoms with Crippen molar-refractivity contribution in [2.24, 2.45) is 0 Å². The van der Waals surface area contributed by atoms with Crippen LogP contribution in [0.15, 0.2) is 59.4 Å². The van der Waals surface area contributed by atoms with Crippen molar-refractivity contribution in [3.05, 3.63) is 82.1 Å². The third kappa shape index (κ3) is 5.88. The molecule has 1 N–H and O–H groups in total. The molecule has 0 radical (unpaired) electrons. The average molecular weight is 442 g/mol. The molecule has 162 valence electrons. The predicted molar refractivity (Wildman–Crippen MR) is 117 cm³/mol. The van der Waals surface area contributed by atoms with Gasteiger partial charge in [-0.25, -0.2) is 9.37 Å². The Labute approximate surface area is 184 Å². The number of carbonyl (C=O) groups is 1. The molecule has 2 heterocycles. The molecule has 1 atom stereocenters. The van der Waals surface area contributed by atoms with Crippen LogP contribution in [0.1, 0.15) is 27.7 Å². The molecule has 1 fully saturated rings. The maximum absolute atomic E-state index is 13.4. The van der Waals surface area contributed by atoms with E-state index in [2.05, 4.69) is 15.2 Å². The topological polar surface area (TPSA) is 63.7 Å². The largest absolute Gasteiger partial charge is 0.487 e. The minimum absolute atomic E-state index is 0.0471. The fourth-order valence-corrected chi connectivity index (χ4v) is 4.03. The summed E-state index contributed by atoms with van der Waals surface area (Å²) in [5, 5.41) is 4.96. The molecule has 3 aromatic rings. The number of aromatic nitrogens is 1. The molecule has 1 unspecified atom stereocenters. The molecule has 31 heavy (non-hydrogen) atoms. The van der Waals surface area contributed by atoms with Crippen molar-refractivity contribution in [2.75, 3.05) is 32.8 Å². The highest BCUT2D eigenvalue weighted by molar-refractivity contribution is 7.07. The Morgan fingerprint density at radius 1 is 1.16 bits per heavy atom. The van der Waals surface area contributed by atoms with E-state index in [1.54, 1.807) is 41.9 Å². The van der Waals surface area contributed by atoms with Gasteiger partial charge in [-0.1, -0.05) is 12.1 Å². The molecule has 1 saturated heterocycles. The monoisotopic (exact) mass is 441 g/mol. The molecular weight excluding hydrogens is 417 g/mol. The Kier molecular flexibility index (Phi) is 7.24. The Morgan fingerprint density at radius 2 is 1.90 bits per heavy atom. The predicted octanol–water partition coefficient (Wildman–Crippen LogP) is 3.66. The fourth-order valence-electron chi connectivity index (χ4n) is 3.49. The van der Waals surface area contributed by atoms with Crippen LogP contribution >= 0.6 is 11.3 Å². The van der Waals surface area contributed by atoms with Crippen LogP contribution in [0, 0.1) is 5.82 Å². The molecule has 2 aromatic carbocycles. The van der Waals surface area contributed by atoms with Crippen molar-refractivity contribution in [1.82, 2.24) is 15.2 Å². The van der Waals surface area contributed by atoms with E-state index >= 15 is 0 Å². The van der Waals surface area contributed by atoms with Crippen molar-refractivity contribution in [2.45, 2.75) is 12.6 Å². The summed E-state index contributed by atoms with van der Waals surface area (Å²) in [6, 6.07) is 13.5. The van der Waals surface area contributed by atoms with E-state index in [4.69, 9.17) is 9.47 Å². The fraction of sp³-hybridized carbons (Fsp3) is 0.304. The normalized spacial score (nSPS) is 15.4. The van der Waals surface area contributed by atoms with Crippen LogP contribution in [0.5, 0.6) is 5.75 Å². The van der Waals surface area contributed by atoms with E-state index in [1.807, 2.05) is 5.38 Å². The van der Waals surface area contributed by atoms with E-state index in [9.17, 15) is 9.18 Å². The lowest BCUT2D eigenvalue weighted by molar-refractivity contribution is 0.0162. The number of nitrogens with zero attached hydrogens (tertiary/aromatic N) is 2. The van der Waals surface area contributed by atoms with Gasteiger partial charge in [0, 0.05) is 30.6 Å². The molecule has 8 heteroatoms. The van der Waals surface area contributed by atoms with E-state index in [-0.39, 0.29) is 17.8 Å². The van der Waals surface area contributed by atoms with Crippen molar-refractivity contribution < 1.29 is 18.7 Å². The highest BCUT2D eigenvalue weighted by Crippen LogP contribution is 2.22. The van der Waals surface area contributed by atoms with Gasteiger partial charge in [0.25, 0.3) is 5.91 Å². The number of carbonyl (C=O) groups excluding carboxylic acids is 1. The molecular formula is C23H24FN3O3S. The standard InChI is InChI=1S/C23H24FN3O3S/c24-19-5-1-17(2-6-19)22(27-9-11-29-12-10-27)13-25-23(28)18-3-7-21(8-4-18)30-14-20-15-31-16-26-20/h1-8,15-16,22H,9-14H2,(H,25,28). The summed E-state index contributed by atoms with van der Waals surface area (Å²) in [5.74, 6) is 0.249. The van der Waals surface area contributed by atoms with Crippen LogP contribution in [0.4, 0.5) is 4.39 Å². The van der Waals surface area contributed by atoms with Gasteiger partial charge in [-0.05, 0) is 42.0 Å². The SMILES string of the molecule is O=C(NCC(c1ccc(F)cc1)N1CCOCC1)c1ccc(OCc2cscn2)cc1. The zero-order valence-electron chi connectivity index (χ0n) is 17.0. The quantitative estimate of drug-likeness (QED) is 0.578. The maximum atomic E-state index is 13.4. The highest BCUT2D eigenvalue weighted by atomic mass is 32.1. The Bertz CT molecular complexity index is 959. The zero-order chi connectivity index (χ0) is 21.5. The second-order valence-electron chi connectivity index (χ2n) is 7.22. The first-order valence-electron chi connectivity index (χ1n) is 10.1.